The molecule has 4 aromatic rings. The van der Waals surface area contributed by atoms with Crippen LogP contribution in [0.1, 0.15) is 108 Å². The number of carbonyl (C=O) groups excluding carboxylic acids is 2. The summed E-state index contributed by atoms with van der Waals surface area (Å²) < 4.78 is 31.1. The van der Waals surface area contributed by atoms with Crippen LogP contribution < -0.4 is 0 Å². The zero-order chi connectivity index (χ0) is 26.8. The van der Waals surface area contributed by atoms with Gasteiger partial charge in [-0.3, -0.25) is 9.59 Å². The van der Waals surface area contributed by atoms with E-state index in [1.54, 1.807) is 23.2 Å². The zero-order valence-corrected chi connectivity index (χ0v) is 21.2. The standard InChI is InChI=1S/2C14H14FN3O/c2*1-2-12(19)13-16-14-10(15)8-11(18(14)17-13)9-6-4-3-5-7-9/h2*3-7,10-11H,2,8H2,1H3/t10-,11?;10-,11-/m10/s1. The molecule has 0 amide bonds. The molecule has 0 fully saturated rings. The SMILES string of the molecule is CCC(=O)c1nc2n(n1)C(c1ccccc1)C[C@H]2F.CCC(=O)c1nc2n(n1)[C@H](c1ccccc1)C[C@@H]2F. The van der Waals surface area contributed by atoms with Crippen LogP contribution in [0.25, 0.3) is 0 Å². The molecule has 196 valence electrons. The number of hydrogen-bond donors (Lipinski definition) is 0. The fourth-order valence-corrected chi connectivity index (χ4v) is 4.82. The Morgan fingerprint density at radius 3 is 1.42 bits per heavy atom. The highest BCUT2D eigenvalue weighted by molar-refractivity contribution is 5.92. The molecule has 0 saturated carbocycles. The van der Waals surface area contributed by atoms with E-state index >= 15 is 0 Å². The number of rotatable bonds is 6. The van der Waals surface area contributed by atoms with Crippen molar-refractivity contribution in [2.45, 2.75) is 64.0 Å². The Morgan fingerprint density at radius 1 is 0.711 bits per heavy atom. The summed E-state index contributed by atoms with van der Waals surface area (Å²) >= 11 is 0. The van der Waals surface area contributed by atoms with Gasteiger partial charge in [0.1, 0.15) is 0 Å². The van der Waals surface area contributed by atoms with Crippen molar-refractivity contribution in [2.75, 3.05) is 0 Å². The average molecular weight is 519 g/mol. The highest BCUT2D eigenvalue weighted by Crippen LogP contribution is 2.40. The van der Waals surface area contributed by atoms with E-state index < -0.39 is 12.3 Å². The molecule has 0 bridgehead atoms. The van der Waals surface area contributed by atoms with Gasteiger partial charge in [-0.05, 0) is 11.1 Å². The lowest BCUT2D eigenvalue weighted by molar-refractivity contribution is 0.0969. The van der Waals surface area contributed by atoms with E-state index in [1.807, 2.05) is 60.7 Å². The summed E-state index contributed by atoms with van der Waals surface area (Å²) in [5.41, 5.74) is 1.98. The molecule has 0 aliphatic carbocycles. The van der Waals surface area contributed by atoms with Gasteiger partial charge in [-0.15, -0.1) is 10.2 Å². The predicted molar refractivity (Wildman–Crippen MR) is 135 cm³/mol. The molecule has 2 aliphatic heterocycles. The van der Waals surface area contributed by atoms with Crippen LogP contribution in [-0.4, -0.2) is 41.1 Å². The molecular weight excluding hydrogens is 490 g/mol. The number of nitrogens with zero attached hydrogens (tertiary/aromatic N) is 6. The number of Topliss-reactive ketones (excluding diaryl/α,β-unsaturated/α-hetero) is 2. The van der Waals surface area contributed by atoms with E-state index in [1.165, 1.54) is 0 Å². The van der Waals surface area contributed by atoms with Gasteiger partial charge in [0, 0.05) is 25.7 Å². The Bertz CT molecular complexity index is 1330. The highest BCUT2D eigenvalue weighted by atomic mass is 19.1. The minimum Gasteiger partial charge on any atom is -0.291 e. The quantitative estimate of drug-likeness (QED) is 0.302. The first kappa shape index (κ1) is 25.6. The predicted octanol–water partition coefficient (Wildman–Crippen LogP) is 5.75. The van der Waals surface area contributed by atoms with Gasteiger partial charge >= 0.3 is 0 Å². The molecule has 4 heterocycles. The van der Waals surface area contributed by atoms with Crippen molar-refractivity contribution in [3.8, 4) is 0 Å². The number of carbonyl (C=O) groups is 2. The summed E-state index contributed by atoms with van der Waals surface area (Å²) in [6.45, 7) is 3.49. The third kappa shape index (κ3) is 4.78. The van der Waals surface area contributed by atoms with Gasteiger partial charge in [-0.2, -0.15) is 0 Å². The van der Waals surface area contributed by atoms with Gasteiger partial charge in [-0.25, -0.2) is 28.1 Å². The highest BCUT2D eigenvalue weighted by Gasteiger charge is 2.37. The fraction of sp³-hybridized carbons (Fsp3) is 0.357. The number of alkyl halides is 2. The van der Waals surface area contributed by atoms with Crippen LogP contribution in [0.5, 0.6) is 0 Å². The first-order valence-corrected chi connectivity index (χ1v) is 12.8. The Morgan fingerprint density at radius 2 is 1.08 bits per heavy atom. The topological polar surface area (TPSA) is 95.6 Å². The largest absolute Gasteiger partial charge is 0.291 e. The minimum atomic E-state index is -1.16. The summed E-state index contributed by atoms with van der Waals surface area (Å²) in [5, 5.41) is 8.37. The molecule has 4 atom stereocenters. The monoisotopic (exact) mass is 518 g/mol. The van der Waals surface area contributed by atoms with Crippen LogP contribution in [0.4, 0.5) is 8.78 Å². The van der Waals surface area contributed by atoms with Gasteiger partial charge < -0.3 is 0 Å². The fourth-order valence-electron chi connectivity index (χ4n) is 4.82. The number of benzene rings is 2. The minimum absolute atomic E-state index is 0.126. The van der Waals surface area contributed by atoms with Gasteiger partial charge in [0.2, 0.25) is 23.2 Å². The second kappa shape index (κ2) is 10.7. The maximum absolute atomic E-state index is 14.0. The molecule has 0 radical (unpaired) electrons. The molecule has 1 unspecified atom stereocenters. The summed E-state index contributed by atoms with van der Waals surface area (Å²) in [6.07, 6.45) is -0.987. The molecule has 2 aromatic heterocycles. The van der Waals surface area contributed by atoms with Crippen molar-refractivity contribution in [2.24, 2.45) is 0 Å². The van der Waals surface area contributed by atoms with E-state index in [0.717, 1.165) is 11.1 Å². The number of hydrogen-bond acceptors (Lipinski definition) is 6. The van der Waals surface area contributed by atoms with Gasteiger partial charge in [-0.1, -0.05) is 74.5 Å². The first-order chi connectivity index (χ1) is 18.4. The summed E-state index contributed by atoms with van der Waals surface area (Å²) in [4.78, 5) is 31.3. The van der Waals surface area contributed by atoms with Crippen molar-refractivity contribution in [1.82, 2.24) is 29.5 Å². The summed E-state index contributed by atoms with van der Waals surface area (Å²) in [5.74, 6) is 0.486. The lowest BCUT2D eigenvalue weighted by Gasteiger charge is -2.11. The van der Waals surface area contributed by atoms with Crippen molar-refractivity contribution in [3.63, 3.8) is 0 Å². The van der Waals surface area contributed by atoms with Gasteiger partial charge in [0.05, 0.1) is 12.1 Å². The Labute approximate surface area is 218 Å². The van der Waals surface area contributed by atoms with Crippen molar-refractivity contribution in [1.29, 1.82) is 0 Å². The van der Waals surface area contributed by atoms with E-state index in [-0.39, 0.29) is 46.9 Å². The van der Waals surface area contributed by atoms with Crippen LogP contribution in [-0.2, 0) is 0 Å². The van der Waals surface area contributed by atoms with Gasteiger partial charge in [0.15, 0.2) is 24.0 Å². The second-order valence-electron chi connectivity index (χ2n) is 9.29. The molecular formula is C28H28F2N6O2. The molecule has 0 N–H and O–H groups in total. The second-order valence-corrected chi connectivity index (χ2v) is 9.29. The van der Waals surface area contributed by atoms with Crippen molar-refractivity contribution < 1.29 is 18.4 Å². The number of fused-ring (bicyclic) bond motifs is 2. The molecule has 0 saturated heterocycles. The van der Waals surface area contributed by atoms with E-state index in [4.69, 9.17) is 0 Å². The van der Waals surface area contributed by atoms with Crippen molar-refractivity contribution in [3.05, 3.63) is 95.1 Å². The zero-order valence-electron chi connectivity index (χ0n) is 21.2. The van der Waals surface area contributed by atoms with Crippen LogP contribution in [0, 0.1) is 0 Å². The van der Waals surface area contributed by atoms with Crippen LogP contribution in [0.3, 0.4) is 0 Å². The smallest absolute Gasteiger partial charge is 0.217 e. The molecule has 0 spiro atoms. The third-order valence-electron chi connectivity index (χ3n) is 6.84. The number of aromatic nitrogens is 6. The Hall–Kier alpha value is -4.08. The van der Waals surface area contributed by atoms with E-state index in [2.05, 4.69) is 20.2 Å². The normalized spacial score (nSPS) is 21.4. The van der Waals surface area contributed by atoms with E-state index in [0.29, 0.717) is 25.7 Å². The molecule has 2 aromatic carbocycles. The molecule has 38 heavy (non-hydrogen) atoms. The first-order valence-electron chi connectivity index (χ1n) is 12.8. The maximum atomic E-state index is 14.0. The average Bonchev–Trinajstić information content (AvgIpc) is 3.72. The maximum Gasteiger partial charge on any atom is 0.217 e. The molecule has 8 nitrogen and oxygen atoms in total. The summed E-state index contributed by atoms with van der Waals surface area (Å²) in [6, 6.07) is 18.9. The molecule has 10 heteroatoms. The van der Waals surface area contributed by atoms with Gasteiger partial charge in [0.25, 0.3) is 0 Å². The van der Waals surface area contributed by atoms with Crippen LogP contribution in [0.15, 0.2) is 60.7 Å². The van der Waals surface area contributed by atoms with Crippen LogP contribution in [0.2, 0.25) is 0 Å². The van der Waals surface area contributed by atoms with E-state index in [9.17, 15) is 18.4 Å². The van der Waals surface area contributed by atoms with Crippen molar-refractivity contribution >= 4 is 11.6 Å². The number of ketones is 2. The lowest BCUT2D eigenvalue weighted by atomic mass is 10.0. The Kier molecular flexibility index (Phi) is 7.22. The summed E-state index contributed by atoms with van der Waals surface area (Å²) in [7, 11) is 0. The number of halogens is 2. The Balaban J connectivity index is 0.000000155. The third-order valence-corrected chi connectivity index (χ3v) is 6.84. The lowest BCUT2D eigenvalue weighted by Crippen LogP contribution is -2.09. The van der Waals surface area contributed by atoms with Crippen LogP contribution >= 0.6 is 0 Å². The molecule has 6 rings (SSSR count). The molecule has 2 aliphatic rings.